The molecule has 0 rings (SSSR count). The molecule has 0 heterocycles. The van der Waals surface area contributed by atoms with E-state index in [2.05, 4.69) is 10.6 Å². The van der Waals surface area contributed by atoms with Crippen LogP contribution < -0.4 is 10.6 Å². The fourth-order valence-electron chi connectivity index (χ4n) is 1.16. The average Bonchev–Trinajstić information content (AvgIpc) is 2.25. The van der Waals surface area contributed by atoms with Gasteiger partial charge >= 0.3 is 0 Å². The Morgan fingerprint density at radius 1 is 0.765 bits per heavy atom. The summed E-state index contributed by atoms with van der Waals surface area (Å²) in [5.74, 6) is 0. The van der Waals surface area contributed by atoms with Gasteiger partial charge in [0.25, 0.3) is 0 Å². The van der Waals surface area contributed by atoms with Crippen molar-refractivity contribution in [3.05, 3.63) is 0 Å². The zero-order chi connectivity index (χ0) is 12.9. The Balaban J connectivity index is 2.94. The average molecular weight is 252 g/mol. The van der Waals surface area contributed by atoms with Crippen LogP contribution in [0.25, 0.3) is 0 Å². The summed E-state index contributed by atoms with van der Waals surface area (Å²) in [7, 11) is 0. The zero-order valence-electron chi connectivity index (χ0n) is 10.0. The Bertz CT molecular complexity index is 142. The van der Waals surface area contributed by atoms with Gasteiger partial charge in [0, 0.05) is 26.3 Å². The molecule has 6 N–H and O–H groups in total. The normalized spacial score (nSPS) is 11.6. The second kappa shape index (κ2) is 12.2. The van der Waals surface area contributed by atoms with Crippen molar-refractivity contribution in [2.75, 3.05) is 39.4 Å². The molecule has 0 aliphatic carbocycles. The monoisotopic (exact) mass is 252 g/mol. The molecule has 0 unspecified atom stereocenters. The first-order valence-corrected chi connectivity index (χ1v) is 5.84. The number of hydrogen-bond donors (Lipinski definition) is 6. The molecule has 104 valence electrons. The van der Waals surface area contributed by atoms with Gasteiger partial charge in [0.15, 0.2) is 12.6 Å². The lowest BCUT2D eigenvalue weighted by molar-refractivity contribution is -0.0376. The minimum absolute atomic E-state index is 0.174. The maximum absolute atomic E-state index is 8.53. The molecule has 0 bridgehead atoms. The molecule has 0 aliphatic rings. The highest BCUT2D eigenvalue weighted by atomic mass is 16.5. The van der Waals surface area contributed by atoms with Crippen molar-refractivity contribution in [2.24, 2.45) is 0 Å². The highest BCUT2D eigenvalue weighted by Crippen LogP contribution is 1.85. The molecule has 0 amide bonds. The lowest BCUT2D eigenvalue weighted by Crippen LogP contribution is -2.28. The first-order chi connectivity index (χ1) is 8.13. The van der Waals surface area contributed by atoms with Crippen molar-refractivity contribution >= 4 is 0 Å². The van der Waals surface area contributed by atoms with Gasteiger partial charge in [0.2, 0.25) is 0 Å². The van der Waals surface area contributed by atoms with E-state index < -0.39 is 12.6 Å². The van der Waals surface area contributed by atoms with E-state index in [9.17, 15) is 0 Å². The highest BCUT2D eigenvalue weighted by Gasteiger charge is 1.96. The van der Waals surface area contributed by atoms with E-state index in [4.69, 9.17) is 25.2 Å². The minimum Gasteiger partial charge on any atom is -0.381 e. The van der Waals surface area contributed by atoms with Crippen molar-refractivity contribution in [1.82, 2.24) is 10.6 Å². The second-order valence-electron chi connectivity index (χ2n) is 3.69. The fourth-order valence-corrected chi connectivity index (χ4v) is 1.16. The molecule has 7 heteroatoms. The van der Waals surface area contributed by atoms with Crippen LogP contribution in [0.3, 0.4) is 0 Å². The quantitative estimate of drug-likeness (QED) is 0.169. The van der Waals surface area contributed by atoms with E-state index in [0.29, 0.717) is 26.3 Å². The van der Waals surface area contributed by atoms with Crippen molar-refractivity contribution in [3.63, 3.8) is 0 Å². The van der Waals surface area contributed by atoms with Crippen LogP contribution in [0.2, 0.25) is 0 Å². The number of aliphatic hydroxyl groups excluding tert-OH is 2. The van der Waals surface area contributed by atoms with E-state index in [-0.39, 0.29) is 13.1 Å². The topological polar surface area (TPSA) is 114 Å². The van der Waals surface area contributed by atoms with Crippen LogP contribution in [0.4, 0.5) is 0 Å². The van der Waals surface area contributed by atoms with Crippen molar-refractivity contribution in [3.8, 4) is 0 Å². The first kappa shape index (κ1) is 16.7. The SMILES string of the molecule is OC(O)CNCCCOCCCNCC(O)O. The summed E-state index contributed by atoms with van der Waals surface area (Å²) < 4.78 is 5.32. The third-order valence-electron chi connectivity index (χ3n) is 1.94. The van der Waals surface area contributed by atoms with Crippen molar-refractivity contribution in [1.29, 1.82) is 0 Å². The predicted octanol–water partition coefficient (Wildman–Crippen LogP) is -2.42. The maximum Gasteiger partial charge on any atom is 0.164 e. The molecule has 7 nitrogen and oxygen atoms in total. The lowest BCUT2D eigenvalue weighted by atomic mass is 10.4. The standard InChI is InChI=1S/C10H24N2O5/c13-9(14)7-11-3-1-5-17-6-2-4-12-8-10(15)16/h9-16H,1-8H2. The Labute approximate surface area is 101 Å². The van der Waals surface area contributed by atoms with Crippen LogP contribution in [0, 0.1) is 0 Å². The Hall–Kier alpha value is -0.280. The van der Waals surface area contributed by atoms with Gasteiger partial charge in [-0.3, -0.25) is 0 Å². The van der Waals surface area contributed by atoms with Gasteiger partial charge in [-0.15, -0.1) is 0 Å². The molecule has 0 aromatic heterocycles. The molecular formula is C10H24N2O5. The molecule has 0 saturated carbocycles. The van der Waals surface area contributed by atoms with Gasteiger partial charge in [-0.25, -0.2) is 0 Å². The lowest BCUT2D eigenvalue weighted by Gasteiger charge is -2.08. The Kier molecular flexibility index (Phi) is 12.0. The molecule has 0 fully saturated rings. The maximum atomic E-state index is 8.53. The van der Waals surface area contributed by atoms with Gasteiger partial charge in [0.05, 0.1) is 0 Å². The zero-order valence-corrected chi connectivity index (χ0v) is 10.0. The molecule has 0 aromatic carbocycles. The molecule has 17 heavy (non-hydrogen) atoms. The van der Waals surface area contributed by atoms with Crippen molar-refractivity contribution < 1.29 is 25.2 Å². The largest absolute Gasteiger partial charge is 0.381 e. The van der Waals surface area contributed by atoms with Gasteiger partial charge in [0.1, 0.15) is 0 Å². The van der Waals surface area contributed by atoms with E-state index in [0.717, 1.165) is 12.8 Å². The summed E-state index contributed by atoms with van der Waals surface area (Å²) in [5, 5.41) is 39.9. The number of rotatable bonds is 12. The molecule has 0 atom stereocenters. The molecule has 0 aromatic rings. The van der Waals surface area contributed by atoms with Gasteiger partial charge in [-0.05, 0) is 25.9 Å². The van der Waals surface area contributed by atoms with E-state index >= 15 is 0 Å². The van der Waals surface area contributed by atoms with Crippen LogP contribution in [0.1, 0.15) is 12.8 Å². The van der Waals surface area contributed by atoms with E-state index in [1.165, 1.54) is 0 Å². The molecule has 0 radical (unpaired) electrons. The number of hydrogen-bond acceptors (Lipinski definition) is 7. The summed E-state index contributed by atoms with van der Waals surface area (Å²) in [5.41, 5.74) is 0. The third-order valence-corrected chi connectivity index (χ3v) is 1.94. The summed E-state index contributed by atoms with van der Waals surface area (Å²) in [6, 6.07) is 0. The fraction of sp³-hybridized carbons (Fsp3) is 1.00. The van der Waals surface area contributed by atoms with Crippen molar-refractivity contribution in [2.45, 2.75) is 25.4 Å². The molecular weight excluding hydrogens is 228 g/mol. The predicted molar refractivity (Wildman–Crippen MR) is 62.2 cm³/mol. The third kappa shape index (κ3) is 15.7. The summed E-state index contributed by atoms with van der Waals surface area (Å²) in [6.45, 7) is 2.97. The van der Waals surface area contributed by atoms with E-state index in [1.54, 1.807) is 0 Å². The van der Waals surface area contributed by atoms with E-state index in [1.807, 2.05) is 0 Å². The number of ether oxygens (including phenoxy) is 1. The van der Waals surface area contributed by atoms with Gasteiger partial charge in [-0.1, -0.05) is 0 Å². The van der Waals surface area contributed by atoms with Gasteiger partial charge in [-0.2, -0.15) is 0 Å². The molecule has 0 aliphatic heterocycles. The summed E-state index contributed by atoms with van der Waals surface area (Å²) >= 11 is 0. The minimum atomic E-state index is -1.30. The van der Waals surface area contributed by atoms with Crippen LogP contribution >= 0.6 is 0 Å². The molecule has 0 spiro atoms. The van der Waals surface area contributed by atoms with Crippen LogP contribution in [-0.4, -0.2) is 72.4 Å². The Morgan fingerprint density at radius 3 is 1.53 bits per heavy atom. The summed E-state index contributed by atoms with van der Waals surface area (Å²) in [4.78, 5) is 0. The van der Waals surface area contributed by atoms with Crippen LogP contribution in [0.5, 0.6) is 0 Å². The van der Waals surface area contributed by atoms with Gasteiger partial charge < -0.3 is 35.8 Å². The van der Waals surface area contributed by atoms with Crippen LogP contribution in [0.15, 0.2) is 0 Å². The second-order valence-corrected chi connectivity index (χ2v) is 3.69. The Morgan fingerprint density at radius 2 is 1.18 bits per heavy atom. The smallest absolute Gasteiger partial charge is 0.164 e. The first-order valence-electron chi connectivity index (χ1n) is 5.84. The molecule has 0 saturated heterocycles. The highest BCUT2D eigenvalue weighted by molar-refractivity contribution is 4.50. The number of aliphatic hydroxyl groups is 4. The summed E-state index contributed by atoms with van der Waals surface area (Å²) in [6.07, 6.45) is -0.974. The number of nitrogens with one attached hydrogen (secondary N) is 2. The van der Waals surface area contributed by atoms with Crippen LogP contribution in [-0.2, 0) is 4.74 Å².